The Morgan fingerprint density at radius 3 is 2.58 bits per heavy atom. The third-order valence-corrected chi connectivity index (χ3v) is 6.53. The number of carbonyl (C=O) groups excluding carboxylic acids is 1. The first kappa shape index (κ1) is 21.5. The number of fused-ring (bicyclic) bond motifs is 1. The van der Waals surface area contributed by atoms with Crippen molar-refractivity contribution in [1.82, 2.24) is 10.6 Å². The zero-order valence-corrected chi connectivity index (χ0v) is 18.2. The van der Waals surface area contributed by atoms with Crippen LogP contribution in [0, 0.1) is 0 Å². The second-order valence-corrected chi connectivity index (χ2v) is 8.55. The number of thioether (sulfide) groups is 1. The molecule has 1 aliphatic heterocycles. The topological polar surface area (TPSA) is 90.6 Å². The van der Waals surface area contributed by atoms with Gasteiger partial charge >= 0.3 is 6.03 Å². The highest BCUT2D eigenvalue weighted by atomic mass is 35.5. The molecule has 160 valence electrons. The second kappa shape index (κ2) is 9.62. The normalized spacial score (nSPS) is 16.0. The van der Waals surface area contributed by atoms with E-state index in [2.05, 4.69) is 10.6 Å². The Balaban J connectivity index is 1.61. The van der Waals surface area contributed by atoms with Crippen molar-refractivity contribution in [2.45, 2.75) is 23.0 Å². The molecule has 2 atom stereocenters. The summed E-state index contributed by atoms with van der Waals surface area (Å²) >= 11 is 8.09. The van der Waals surface area contributed by atoms with Crippen molar-refractivity contribution in [3.63, 3.8) is 0 Å². The van der Waals surface area contributed by atoms with Crippen molar-refractivity contribution in [3.8, 4) is 0 Å². The standard InChI is InChI=1S/C23H23ClN4O2S/c24-17-10-6-9-16(13-25)21(17)28-19-11-4-5-12-20(19)31-23(28)27-22(30)26-18(14-29)15-7-2-1-3-8-15/h1-12,18,23,29H,13-14,25H2,(H2,26,27,30). The SMILES string of the molecule is NCc1cccc(Cl)c1N1c2ccccc2SC1NC(=O)NC(CO)c1ccccc1. The molecular formula is C23H23ClN4O2S. The molecule has 0 saturated heterocycles. The van der Waals surface area contributed by atoms with E-state index >= 15 is 0 Å². The number of anilines is 2. The number of nitrogens with zero attached hydrogens (tertiary/aromatic N) is 1. The summed E-state index contributed by atoms with van der Waals surface area (Å²) in [5, 5.41) is 16.2. The largest absolute Gasteiger partial charge is 0.394 e. The van der Waals surface area contributed by atoms with Gasteiger partial charge in [0.05, 0.1) is 29.0 Å². The molecule has 3 aromatic rings. The Kier molecular flexibility index (Phi) is 6.67. The number of urea groups is 1. The monoisotopic (exact) mass is 454 g/mol. The van der Waals surface area contributed by atoms with Gasteiger partial charge in [-0.25, -0.2) is 4.79 Å². The predicted octanol–water partition coefficient (Wildman–Crippen LogP) is 4.36. The molecule has 0 fully saturated rings. The maximum absolute atomic E-state index is 12.9. The van der Waals surface area contributed by atoms with E-state index in [1.54, 1.807) is 0 Å². The molecule has 2 unspecified atom stereocenters. The van der Waals surface area contributed by atoms with Crippen LogP contribution in [0.1, 0.15) is 17.2 Å². The van der Waals surface area contributed by atoms with Crippen LogP contribution in [0.15, 0.2) is 77.7 Å². The number of para-hydroxylation sites is 2. The van der Waals surface area contributed by atoms with E-state index in [-0.39, 0.29) is 12.6 Å². The number of benzene rings is 3. The molecule has 31 heavy (non-hydrogen) atoms. The Bertz CT molecular complexity index is 1070. The van der Waals surface area contributed by atoms with Gasteiger partial charge in [-0.2, -0.15) is 0 Å². The molecule has 3 aromatic carbocycles. The van der Waals surface area contributed by atoms with Crippen LogP contribution in [0.4, 0.5) is 16.2 Å². The summed E-state index contributed by atoms with van der Waals surface area (Å²) in [5.41, 5.74) is 8.98. The highest BCUT2D eigenvalue weighted by Crippen LogP contribution is 2.49. The Morgan fingerprint density at radius 1 is 1.10 bits per heavy atom. The number of rotatable bonds is 6. The van der Waals surface area contributed by atoms with Crippen molar-refractivity contribution >= 4 is 40.8 Å². The fourth-order valence-corrected chi connectivity index (χ4v) is 5.07. The van der Waals surface area contributed by atoms with E-state index in [0.29, 0.717) is 11.6 Å². The maximum atomic E-state index is 12.9. The number of carbonyl (C=O) groups is 1. The van der Waals surface area contributed by atoms with Gasteiger partial charge in [-0.1, -0.05) is 78.0 Å². The minimum absolute atomic E-state index is 0.207. The van der Waals surface area contributed by atoms with Crippen LogP contribution in [0.25, 0.3) is 0 Å². The molecule has 8 heteroatoms. The van der Waals surface area contributed by atoms with Crippen LogP contribution in [-0.2, 0) is 6.54 Å². The first-order valence-electron chi connectivity index (χ1n) is 9.87. The third kappa shape index (κ3) is 4.50. The smallest absolute Gasteiger partial charge is 0.317 e. The van der Waals surface area contributed by atoms with Crippen molar-refractivity contribution in [2.75, 3.05) is 11.5 Å². The summed E-state index contributed by atoms with van der Waals surface area (Å²) in [5.74, 6) is 0. The van der Waals surface area contributed by atoms with Crippen LogP contribution < -0.4 is 21.3 Å². The van der Waals surface area contributed by atoms with Crippen molar-refractivity contribution in [2.24, 2.45) is 5.73 Å². The zero-order chi connectivity index (χ0) is 21.8. The number of aliphatic hydroxyl groups is 1. The van der Waals surface area contributed by atoms with Crippen molar-refractivity contribution < 1.29 is 9.90 Å². The van der Waals surface area contributed by atoms with Gasteiger partial charge in [0.25, 0.3) is 0 Å². The van der Waals surface area contributed by atoms with Crippen LogP contribution in [0.5, 0.6) is 0 Å². The molecule has 2 amide bonds. The number of hydrogen-bond donors (Lipinski definition) is 4. The molecular weight excluding hydrogens is 432 g/mol. The first-order chi connectivity index (χ1) is 15.1. The average molecular weight is 455 g/mol. The fraction of sp³-hybridized carbons (Fsp3) is 0.174. The van der Waals surface area contributed by atoms with E-state index in [1.807, 2.05) is 77.7 Å². The molecule has 5 N–H and O–H groups in total. The number of halogens is 1. The summed E-state index contributed by atoms with van der Waals surface area (Å²) in [6.07, 6.45) is 0. The number of amides is 2. The molecule has 1 aliphatic rings. The van der Waals surface area contributed by atoms with E-state index in [1.165, 1.54) is 11.8 Å². The summed E-state index contributed by atoms with van der Waals surface area (Å²) in [6, 6.07) is 22.0. The predicted molar refractivity (Wildman–Crippen MR) is 126 cm³/mol. The first-order valence-corrected chi connectivity index (χ1v) is 11.1. The minimum atomic E-state index is -0.511. The molecule has 0 aliphatic carbocycles. The highest BCUT2D eigenvalue weighted by molar-refractivity contribution is 8.00. The molecule has 0 saturated carbocycles. The van der Waals surface area contributed by atoms with Crippen molar-refractivity contribution in [3.05, 3.63) is 88.9 Å². The van der Waals surface area contributed by atoms with Gasteiger partial charge in [0, 0.05) is 11.4 Å². The Hall–Kier alpha value is -2.71. The Morgan fingerprint density at radius 2 is 1.84 bits per heavy atom. The molecule has 0 radical (unpaired) electrons. The van der Waals surface area contributed by atoms with Gasteiger partial charge < -0.3 is 26.4 Å². The highest BCUT2D eigenvalue weighted by Gasteiger charge is 2.34. The molecule has 0 spiro atoms. The summed E-state index contributed by atoms with van der Waals surface area (Å²) in [6.45, 7) is 0.111. The van der Waals surface area contributed by atoms with Gasteiger partial charge in [-0.3, -0.25) is 0 Å². The summed E-state index contributed by atoms with van der Waals surface area (Å²) < 4.78 is 0. The van der Waals surface area contributed by atoms with Gasteiger partial charge in [0.2, 0.25) is 0 Å². The lowest BCUT2D eigenvalue weighted by Gasteiger charge is -2.30. The quantitative estimate of drug-likeness (QED) is 0.444. The number of nitrogens with one attached hydrogen (secondary N) is 2. The van der Waals surface area contributed by atoms with Crippen LogP contribution in [-0.4, -0.2) is 23.2 Å². The van der Waals surface area contributed by atoms with Crippen molar-refractivity contribution in [1.29, 1.82) is 0 Å². The lowest BCUT2D eigenvalue weighted by atomic mass is 10.1. The molecule has 0 aromatic heterocycles. The van der Waals surface area contributed by atoms with Crippen LogP contribution >= 0.6 is 23.4 Å². The molecule has 4 rings (SSSR count). The summed E-state index contributed by atoms with van der Waals surface area (Å²) in [7, 11) is 0. The van der Waals surface area contributed by atoms with Gasteiger partial charge in [0.15, 0.2) is 5.50 Å². The lowest BCUT2D eigenvalue weighted by Crippen LogP contribution is -2.48. The summed E-state index contributed by atoms with van der Waals surface area (Å²) in [4.78, 5) is 15.9. The fourth-order valence-electron chi connectivity index (χ4n) is 3.61. The van der Waals surface area contributed by atoms with Gasteiger partial charge in [0.1, 0.15) is 0 Å². The Labute approximate surface area is 190 Å². The second-order valence-electron chi connectivity index (χ2n) is 7.02. The van der Waals surface area contributed by atoms with Crippen LogP contribution in [0.2, 0.25) is 5.02 Å². The molecule has 1 heterocycles. The minimum Gasteiger partial charge on any atom is -0.394 e. The average Bonchev–Trinajstić information content (AvgIpc) is 3.15. The van der Waals surface area contributed by atoms with Gasteiger partial charge in [-0.05, 0) is 29.3 Å². The van der Waals surface area contributed by atoms with Gasteiger partial charge in [-0.15, -0.1) is 0 Å². The number of hydrogen-bond acceptors (Lipinski definition) is 5. The van der Waals surface area contributed by atoms with E-state index in [9.17, 15) is 9.90 Å². The lowest BCUT2D eigenvalue weighted by molar-refractivity contribution is 0.216. The van der Waals surface area contributed by atoms with E-state index in [4.69, 9.17) is 17.3 Å². The zero-order valence-electron chi connectivity index (χ0n) is 16.7. The molecule has 6 nitrogen and oxygen atoms in total. The maximum Gasteiger partial charge on any atom is 0.317 e. The van der Waals surface area contributed by atoms with Crippen LogP contribution in [0.3, 0.4) is 0 Å². The van der Waals surface area contributed by atoms with E-state index < -0.39 is 11.5 Å². The number of aliphatic hydroxyl groups excluding tert-OH is 1. The third-order valence-electron chi connectivity index (χ3n) is 5.07. The number of nitrogens with two attached hydrogens (primary N) is 1. The molecule has 0 bridgehead atoms. The van der Waals surface area contributed by atoms with E-state index in [0.717, 1.165) is 27.4 Å².